The zero-order valence-corrected chi connectivity index (χ0v) is 15.5. The van der Waals surface area contributed by atoms with E-state index < -0.39 is 29.1 Å². The molecule has 0 aliphatic carbocycles. The summed E-state index contributed by atoms with van der Waals surface area (Å²) in [5.41, 5.74) is 0.402. The first-order valence-electron chi connectivity index (χ1n) is 7.94. The lowest BCUT2D eigenvalue weighted by Gasteiger charge is -2.24. The highest BCUT2D eigenvalue weighted by molar-refractivity contribution is 8.14. The molecule has 1 aromatic rings. The van der Waals surface area contributed by atoms with Gasteiger partial charge in [-0.05, 0) is 5.92 Å². The summed E-state index contributed by atoms with van der Waals surface area (Å²) in [5.74, 6) is -3.20. The van der Waals surface area contributed by atoms with Gasteiger partial charge in [-0.25, -0.2) is 4.79 Å². The number of amides is 1. The minimum absolute atomic E-state index is 0.285. The molecule has 0 aliphatic heterocycles. The Kier molecular flexibility index (Phi) is 7.83. The molecule has 136 valence electrons. The van der Waals surface area contributed by atoms with E-state index in [-0.39, 0.29) is 16.8 Å². The first kappa shape index (κ1) is 20.9. The number of carboxylic acid groups (broad SMARTS) is 1. The highest BCUT2D eigenvalue weighted by Gasteiger charge is 2.35. The average Bonchev–Trinajstić information content (AvgIpc) is 2.56. The molecule has 0 aromatic heterocycles. The molecule has 1 amide bonds. The highest BCUT2D eigenvalue weighted by atomic mass is 32.2. The van der Waals surface area contributed by atoms with Gasteiger partial charge in [-0.1, -0.05) is 62.9 Å². The Morgan fingerprint density at radius 3 is 2.04 bits per heavy atom. The average molecular weight is 365 g/mol. The van der Waals surface area contributed by atoms with E-state index in [1.165, 1.54) is 13.8 Å². The number of nitrogens with one attached hydrogen (secondary N) is 1. The standard InChI is InChI=1S/C18H23NO5S/c1-10(2)14(18(23)24)19-17(22)11(3)16(25-12(4)20)15(21)13-8-6-5-7-9-13/h5-11,14,16H,1-4H3,(H,19,22)(H,23,24)/t11?,14-,16?/m0/s1. The highest BCUT2D eigenvalue weighted by Crippen LogP contribution is 2.25. The normalized spacial score (nSPS) is 14.4. The number of carbonyl (C=O) groups excluding carboxylic acids is 3. The van der Waals surface area contributed by atoms with Crippen molar-refractivity contribution >= 4 is 34.5 Å². The zero-order chi connectivity index (χ0) is 19.1. The van der Waals surface area contributed by atoms with Crippen molar-refractivity contribution in [1.82, 2.24) is 5.32 Å². The van der Waals surface area contributed by atoms with E-state index in [2.05, 4.69) is 5.32 Å². The van der Waals surface area contributed by atoms with Gasteiger partial charge in [0.05, 0.1) is 11.2 Å². The third kappa shape index (κ3) is 6.01. The van der Waals surface area contributed by atoms with Crippen LogP contribution in [0.5, 0.6) is 0 Å². The lowest BCUT2D eigenvalue weighted by atomic mass is 9.97. The molecule has 0 aliphatic rings. The van der Waals surface area contributed by atoms with Crippen molar-refractivity contribution in [2.75, 3.05) is 0 Å². The fourth-order valence-electron chi connectivity index (χ4n) is 2.26. The third-order valence-corrected chi connectivity index (χ3v) is 4.92. The van der Waals surface area contributed by atoms with Crippen LogP contribution in [0.25, 0.3) is 0 Å². The molecule has 25 heavy (non-hydrogen) atoms. The molecule has 0 saturated heterocycles. The van der Waals surface area contributed by atoms with Gasteiger partial charge < -0.3 is 10.4 Å². The molecule has 0 spiro atoms. The first-order chi connectivity index (χ1) is 11.6. The fourth-order valence-corrected chi connectivity index (χ4v) is 3.19. The number of hydrogen-bond acceptors (Lipinski definition) is 5. The lowest BCUT2D eigenvalue weighted by molar-refractivity contribution is -0.143. The fraction of sp³-hybridized carbons (Fsp3) is 0.444. The predicted molar refractivity (Wildman–Crippen MR) is 96.4 cm³/mol. The molecule has 1 aromatic carbocycles. The number of Topliss-reactive ketones (excluding diaryl/α,β-unsaturated/α-hetero) is 1. The third-order valence-electron chi connectivity index (χ3n) is 3.71. The van der Waals surface area contributed by atoms with Gasteiger partial charge in [-0.2, -0.15) is 0 Å². The van der Waals surface area contributed by atoms with E-state index >= 15 is 0 Å². The van der Waals surface area contributed by atoms with E-state index in [0.717, 1.165) is 11.8 Å². The Morgan fingerprint density at radius 2 is 1.60 bits per heavy atom. The number of aliphatic carboxylic acids is 1. The molecular formula is C18H23NO5S. The maximum atomic E-state index is 12.7. The summed E-state index contributed by atoms with van der Waals surface area (Å²) in [7, 11) is 0. The van der Waals surface area contributed by atoms with Gasteiger partial charge in [-0.3, -0.25) is 14.4 Å². The van der Waals surface area contributed by atoms with Crippen LogP contribution in [-0.2, 0) is 14.4 Å². The topological polar surface area (TPSA) is 101 Å². The smallest absolute Gasteiger partial charge is 0.326 e. The quantitative estimate of drug-likeness (QED) is 0.686. The molecule has 6 nitrogen and oxygen atoms in total. The van der Waals surface area contributed by atoms with Crippen LogP contribution in [0.2, 0.25) is 0 Å². The van der Waals surface area contributed by atoms with Gasteiger partial charge >= 0.3 is 5.97 Å². The van der Waals surface area contributed by atoms with Crippen LogP contribution in [0.15, 0.2) is 30.3 Å². The molecule has 0 fully saturated rings. The molecule has 0 radical (unpaired) electrons. The van der Waals surface area contributed by atoms with Gasteiger partial charge in [0.1, 0.15) is 6.04 Å². The van der Waals surface area contributed by atoms with Crippen LogP contribution >= 0.6 is 11.8 Å². The number of hydrogen-bond donors (Lipinski definition) is 2. The van der Waals surface area contributed by atoms with Crippen molar-refractivity contribution in [3.05, 3.63) is 35.9 Å². The molecular weight excluding hydrogens is 342 g/mol. The second-order valence-electron chi connectivity index (χ2n) is 6.12. The number of thioether (sulfide) groups is 1. The Labute approximate surface area is 151 Å². The van der Waals surface area contributed by atoms with Crippen LogP contribution in [0, 0.1) is 11.8 Å². The van der Waals surface area contributed by atoms with E-state index in [9.17, 15) is 24.3 Å². The van der Waals surface area contributed by atoms with Crippen molar-refractivity contribution in [2.45, 2.75) is 39.0 Å². The van der Waals surface area contributed by atoms with Crippen LogP contribution in [0.4, 0.5) is 0 Å². The van der Waals surface area contributed by atoms with Gasteiger partial charge in [0, 0.05) is 12.5 Å². The molecule has 0 saturated carbocycles. The maximum Gasteiger partial charge on any atom is 0.326 e. The van der Waals surface area contributed by atoms with Gasteiger partial charge in [0.2, 0.25) is 5.91 Å². The molecule has 7 heteroatoms. The Balaban J connectivity index is 3.01. The second kappa shape index (κ2) is 9.36. The van der Waals surface area contributed by atoms with Crippen molar-refractivity contribution in [3.8, 4) is 0 Å². The Hall–Kier alpha value is -2.15. The zero-order valence-electron chi connectivity index (χ0n) is 14.7. The summed E-state index contributed by atoms with van der Waals surface area (Å²) in [6.07, 6.45) is 0. The number of carbonyl (C=O) groups is 4. The summed E-state index contributed by atoms with van der Waals surface area (Å²) in [4.78, 5) is 48.0. The van der Waals surface area contributed by atoms with Gasteiger partial charge in [-0.15, -0.1) is 0 Å². The lowest BCUT2D eigenvalue weighted by Crippen LogP contribution is -2.48. The number of carboxylic acids is 1. The van der Waals surface area contributed by atoms with Crippen molar-refractivity contribution in [1.29, 1.82) is 0 Å². The number of ketones is 1. The minimum atomic E-state index is -1.14. The Bertz CT molecular complexity index is 644. The van der Waals surface area contributed by atoms with Gasteiger partial charge in [0.15, 0.2) is 10.9 Å². The molecule has 3 atom stereocenters. The van der Waals surface area contributed by atoms with E-state index in [1.807, 2.05) is 0 Å². The molecule has 2 unspecified atom stereocenters. The van der Waals surface area contributed by atoms with Crippen molar-refractivity contribution in [2.24, 2.45) is 11.8 Å². The SMILES string of the molecule is CC(=O)SC(C(=O)c1ccccc1)C(C)C(=O)N[C@H](C(=O)O)C(C)C. The largest absolute Gasteiger partial charge is 0.480 e. The molecule has 2 N–H and O–H groups in total. The van der Waals surface area contributed by atoms with Crippen LogP contribution in [0.1, 0.15) is 38.1 Å². The van der Waals surface area contributed by atoms with E-state index in [1.54, 1.807) is 44.2 Å². The first-order valence-corrected chi connectivity index (χ1v) is 8.82. The van der Waals surface area contributed by atoms with Gasteiger partial charge in [0.25, 0.3) is 0 Å². The summed E-state index contributed by atoms with van der Waals surface area (Å²) in [6, 6.07) is 7.35. The van der Waals surface area contributed by atoms with E-state index in [0.29, 0.717) is 5.56 Å². The van der Waals surface area contributed by atoms with Crippen molar-refractivity contribution in [3.63, 3.8) is 0 Å². The summed E-state index contributed by atoms with van der Waals surface area (Å²) >= 11 is 0.786. The van der Waals surface area contributed by atoms with Crippen LogP contribution in [-0.4, -0.2) is 39.2 Å². The molecule has 0 bridgehead atoms. The monoisotopic (exact) mass is 365 g/mol. The number of rotatable bonds is 8. The summed E-state index contributed by atoms with van der Waals surface area (Å²) < 4.78 is 0. The van der Waals surface area contributed by atoms with E-state index in [4.69, 9.17) is 0 Å². The van der Waals surface area contributed by atoms with Crippen molar-refractivity contribution < 1.29 is 24.3 Å². The molecule has 1 rings (SSSR count). The van der Waals surface area contributed by atoms with Crippen LogP contribution in [0.3, 0.4) is 0 Å². The molecule has 0 heterocycles. The van der Waals surface area contributed by atoms with Crippen LogP contribution < -0.4 is 5.32 Å². The number of benzene rings is 1. The maximum absolute atomic E-state index is 12.7. The summed E-state index contributed by atoms with van der Waals surface area (Å²) in [5, 5.41) is 10.5. The minimum Gasteiger partial charge on any atom is -0.480 e. The second-order valence-corrected chi connectivity index (χ2v) is 7.44. The predicted octanol–water partition coefficient (Wildman–Crippen LogP) is 2.38. The Morgan fingerprint density at radius 1 is 1.04 bits per heavy atom. The summed E-state index contributed by atoms with van der Waals surface area (Å²) in [6.45, 7) is 6.21.